The molecule has 9 fully saturated rings. The van der Waals surface area contributed by atoms with Crippen LogP contribution in [0.15, 0.2) is 11.6 Å². The van der Waals surface area contributed by atoms with Crippen LogP contribution in [-0.4, -0.2) is 276 Å². The van der Waals surface area contributed by atoms with Crippen LogP contribution in [0.2, 0.25) is 0 Å². The van der Waals surface area contributed by atoms with Crippen LogP contribution >= 0.6 is 0 Å². The van der Waals surface area contributed by atoms with Crippen molar-refractivity contribution in [2.45, 2.75) is 272 Å². The van der Waals surface area contributed by atoms with E-state index in [2.05, 4.69) is 40.7 Å². The molecule has 34 atom stereocenters. The van der Waals surface area contributed by atoms with Crippen molar-refractivity contribution in [2.24, 2.45) is 56.7 Å². The summed E-state index contributed by atoms with van der Waals surface area (Å²) in [5.41, 5.74) is -1.63. The zero-order chi connectivity index (χ0) is 64.2. The molecule has 0 aromatic rings. The minimum absolute atomic E-state index is 0.0348. The van der Waals surface area contributed by atoms with E-state index in [9.17, 15) is 96.7 Å². The Morgan fingerprint density at radius 3 is 1.93 bits per heavy atom. The van der Waals surface area contributed by atoms with E-state index in [-0.39, 0.29) is 30.1 Å². The molecule has 5 saturated heterocycles. The van der Waals surface area contributed by atoms with E-state index < -0.39 is 224 Å². The van der Waals surface area contributed by atoms with Crippen molar-refractivity contribution in [3.8, 4) is 0 Å². The first-order valence-electron chi connectivity index (χ1n) is 30.8. The van der Waals surface area contributed by atoms with Crippen molar-refractivity contribution in [1.29, 1.82) is 0 Å². The van der Waals surface area contributed by atoms with Crippen molar-refractivity contribution in [3.63, 3.8) is 0 Å². The molecule has 87 heavy (non-hydrogen) atoms. The summed E-state index contributed by atoms with van der Waals surface area (Å²) in [5, 5.41) is 199. The molecule has 18 N–H and O–H groups in total. The Morgan fingerprint density at radius 2 is 1.26 bits per heavy atom. The molecule has 0 radical (unpaired) electrons. The van der Waals surface area contributed by atoms with Gasteiger partial charge >= 0.3 is 17.9 Å². The lowest BCUT2D eigenvalue weighted by atomic mass is 9.34. The van der Waals surface area contributed by atoms with Gasteiger partial charge in [-0.2, -0.15) is 0 Å². The van der Waals surface area contributed by atoms with Crippen molar-refractivity contribution in [1.82, 2.24) is 0 Å². The number of allylic oxidation sites excluding steroid dienone is 2. The van der Waals surface area contributed by atoms with Gasteiger partial charge in [0.2, 0.25) is 5.79 Å². The number of carbonyl (C=O) groups excluding carboxylic acids is 1. The van der Waals surface area contributed by atoms with Crippen LogP contribution in [0.1, 0.15) is 114 Å². The smallest absolute Gasteiger partial charge is 0.357 e. The maximum Gasteiger partial charge on any atom is 0.357 e. The van der Waals surface area contributed by atoms with Crippen LogP contribution in [0.4, 0.5) is 0 Å². The predicted octanol–water partition coefficient (Wildman–Crippen LogP) is -4.66. The van der Waals surface area contributed by atoms with Crippen LogP contribution in [0.5, 0.6) is 0 Å². The third-order valence-electron chi connectivity index (χ3n) is 23.3. The first-order chi connectivity index (χ1) is 40.3. The molecule has 0 aromatic heterocycles. The van der Waals surface area contributed by atoms with Gasteiger partial charge in [0.25, 0.3) is 0 Å². The van der Waals surface area contributed by atoms with Gasteiger partial charge in [0.1, 0.15) is 97.7 Å². The Morgan fingerprint density at radius 1 is 0.632 bits per heavy atom. The van der Waals surface area contributed by atoms with Gasteiger partial charge in [-0.3, -0.25) is 4.79 Å². The standard InChI is InChI=1S/C59H96O28/c1-22-35(63)39(67)43(71)51(81-22)82-45-29(19-60)84-58(77,48(75)44(45)72)80-21-30-38(66)41(69)47(74)59(78,85-30)87-50(76)25-17-52(3,4)16-24-26-10-11-32-54(7)14-13-33(53(5,6)31(54)12-15-55(32,8)56(26,9)18-27(61)34(24)25)86-57(46(73)40(68)36(64)23(2)83-57)49-42(70)37(65)28(62)20-79-49/h10,22-25,27-49,51,60-75,77-78H,11-21H2,1-9H3. The molecule has 28 nitrogen and oxygen atoms in total. The number of hydrogen-bond acceptors (Lipinski definition) is 28. The number of carbonyl (C=O) groups is 1. The number of fused-ring (bicyclic) bond motifs is 7. The van der Waals surface area contributed by atoms with E-state index in [1.807, 2.05) is 13.8 Å². The monoisotopic (exact) mass is 1250 g/mol. The van der Waals surface area contributed by atoms with Crippen molar-refractivity contribution >= 4 is 5.97 Å². The molecule has 34 unspecified atom stereocenters. The SMILES string of the molecule is CC1OC(OC2C(CO)OC(O)(OCC3OC(O)(OC(=O)C4CC(C)(C)CC5C6=CCC7C8(C)CCC(OC9(C%10OCC(O)C(O)C%10O)OC(C)C(O)C(O)C9O)C(C)(C)C8CCC7(C)C6(C)CC(O)C45)C(O)C(O)C3O)C(O)C2O)C(O)C(O)C1O. The lowest BCUT2D eigenvalue weighted by Crippen LogP contribution is -2.75. The lowest BCUT2D eigenvalue weighted by molar-refractivity contribution is -0.473. The molecule has 5 aliphatic carbocycles. The highest BCUT2D eigenvalue weighted by molar-refractivity contribution is 5.74. The van der Waals surface area contributed by atoms with Gasteiger partial charge in [-0.1, -0.05) is 60.1 Å². The van der Waals surface area contributed by atoms with Crippen molar-refractivity contribution in [3.05, 3.63) is 11.6 Å². The molecular formula is C59H96O28. The Kier molecular flexibility index (Phi) is 18.4. The van der Waals surface area contributed by atoms with Crippen LogP contribution in [0.3, 0.4) is 0 Å². The average molecular weight is 1250 g/mol. The minimum atomic E-state index is -3.41. The van der Waals surface area contributed by atoms with E-state index in [1.165, 1.54) is 13.8 Å². The summed E-state index contributed by atoms with van der Waals surface area (Å²) >= 11 is 0. The van der Waals surface area contributed by atoms with Gasteiger partial charge in [0, 0.05) is 5.92 Å². The minimum Gasteiger partial charge on any atom is -0.405 e. The lowest BCUT2D eigenvalue weighted by Gasteiger charge is -2.71. The molecule has 0 spiro atoms. The Balaban J connectivity index is 0.851. The zero-order valence-corrected chi connectivity index (χ0v) is 50.7. The molecule has 0 aromatic carbocycles. The number of ether oxygens (including phenoxy) is 9. The fraction of sp³-hybridized carbons (Fsp3) is 0.949. The summed E-state index contributed by atoms with van der Waals surface area (Å²) < 4.78 is 52.2. The molecule has 4 saturated carbocycles. The van der Waals surface area contributed by atoms with Crippen molar-refractivity contribution in [2.75, 3.05) is 19.8 Å². The van der Waals surface area contributed by atoms with E-state index in [0.29, 0.717) is 38.5 Å². The van der Waals surface area contributed by atoms with E-state index in [0.717, 1.165) is 5.57 Å². The summed E-state index contributed by atoms with van der Waals surface area (Å²) in [7, 11) is 0. The first-order valence-corrected chi connectivity index (χ1v) is 30.8. The highest BCUT2D eigenvalue weighted by Gasteiger charge is 2.72. The van der Waals surface area contributed by atoms with E-state index >= 15 is 0 Å². The van der Waals surface area contributed by atoms with Gasteiger partial charge in [-0.05, 0) is 110 Å². The fourth-order valence-electron chi connectivity index (χ4n) is 18.3. The van der Waals surface area contributed by atoms with Crippen LogP contribution < -0.4 is 0 Å². The first kappa shape index (κ1) is 68.0. The summed E-state index contributed by atoms with van der Waals surface area (Å²) in [6.07, 6.45) is -33.8. The Labute approximate surface area is 504 Å². The second-order valence-corrected chi connectivity index (χ2v) is 29.3. The van der Waals surface area contributed by atoms with Gasteiger partial charge in [-0.25, -0.2) is 0 Å². The molecule has 0 amide bonds. The van der Waals surface area contributed by atoms with Gasteiger partial charge in [-0.15, -0.1) is 0 Å². The second-order valence-electron chi connectivity index (χ2n) is 29.3. The predicted molar refractivity (Wildman–Crippen MR) is 290 cm³/mol. The topological polar surface area (TPSA) is 464 Å². The summed E-state index contributed by atoms with van der Waals surface area (Å²) in [6, 6.07) is 0. The maximum absolute atomic E-state index is 14.8. The van der Waals surface area contributed by atoms with Crippen LogP contribution in [-0.2, 0) is 47.4 Å². The highest BCUT2D eigenvalue weighted by Crippen LogP contribution is 2.75. The summed E-state index contributed by atoms with van der Waals surface area (Å²) in [6.45, 7) is 15.1. The molecule has 10 rings (SSSR count). The Bertz CT molecular complexity index is 2510. The fourth-order valence-corrected chi connectivity index (χ4v) is 18.3. The Hall–Kier alpha value is -1.83. The van der Waals surface area contributed by atoms with Crippen LogP contribution in [0.25, 0.3) is 0 Å². The quantitative estimate of drug-likeness (QED) is 0.0400. The van der Waals surface area contributed by atoms with Gasteiger partial charge in [0.05, 0.1) is 50.2 Å². The van der Waals surface area contributed by atoms with Gasteiger partial charge in [0.15, 0.2) is 18.5 Å². The second kappa shape index (κ2) is 23.6. The molecule has 0 bridgehead atoms. The third-order valence-corrected chi connectivity index (χ3v) is 23.3. The average Bonchev–Trinajstić information content (AvgIpc) is 0.682. The number of rotatable bonds is 11. The van der Waals surface area contributed by atoms with Gasteiger partial charge < -0.3 is 135 Å². The van der Waals surface area contributed by atoms with E-state index in [4.69, 9.17) is 42.6 Å². The molecule has 5 aliphatic heterocycles. The third kappa shape index (κ3) is 10.8. The molecule has 28 heteroatoms. The largest absolute Gasteiger partial charge is 0.405 e. The van der Waals surface area contributed by atoms with Crippen LogP contribution in [0, 0.1) is 56.7 Å². The highest BCUT2D eigenvalue weighted by atomic mass is 16.9. The molecule has 500 valence electrons. The van der Waals surface area contributed by atoms with Crippen molar-refractivity contribution < 1.29 is 139 Å². The molecule has 10 aliphatic rings. The molecular weight excluding hydrogens is 1160 g/mol. The number of esters is 1. The summed E-state index contributed by atoms with van der Waals surface area (Å²) in [5.74, 6) is -12.4. The number of aliphatic hydroxyl groups is 18. The maximum atomic E-state index is 14.8. The number of hydrogen-bond donors (Lipinski definition) is 18. The van der Waals surface area contributed by atoms with E-state index in [1.54, 1.807) is 0 Å². The number of aliphatic hydroxyl groups excluding tert-OH is 16. The summed E-state index contributed by atoms with van der Waals surface area (Å²) in [4.78, 5) is 14.8. The zero-order valence-electron chi connectivity index (χ0n) is 50.7. The molecule has 5 heterocycles. The normalized spacial score (nSPS) is 56.6.